The molecule has 1 aromatic heterocycles. The minimum atomic E-state index is -2.68. The Bertz CT molecular complexity index is 736. The highest BCUT2D eigenvalue weighted by Crippen LogP contribution is 2.42. The predicted molar refractivity (Wildman–Crippen MR) is 95.0 cm³/mol. The molecule has 5 rings (SSSR count). The molecule has 146 valence electrons. The first-order valence-corrected chi connectivity index (χ1v) is 9.61. The van der Waals surface area contributed by atoms with Gasteiger partial charge in [0.25, 0.3) is 5.92 Å². The lowest BCUT2D eigenvalue weighted by atomic mass is 10.0. The Morgan fingerprint density at radius 1 is 1.19 bits per heavy atom. The van der Waals surface area contributed by atoms with Gasteiger partial charge in [-0.25, -0.2) is 13.8 Å². The first-order valence-electron chi connectivity index (χ1n) is 9.61. The average Bonchev–Trinajstić information content (AvgIpc) is 3.20. The molecule has 0 N–H and O–H groups in total. The summed E-state index contributed by atoms with van der Waals surface area (Å²) in [7, 11) is 0. The van der Waals surface area contributed by atoms with Crippen LogP contribution in [0.15, 0.2) is 6.07 Å². The van der Waals surface area contributed by atoms with E-state index >= 15 is 0 Å². The summed E-state index contributed by atoms with van der Waals surface area (Å²) in [6.45, 7) is 2.90. The van der Waals surface area contributed by atoms with Gasteiger partial charge in [-0.3, -0.25) is 4.79 Å². The van der Waals surface area contributed by atoms with Crippen molar-refractivity contribution in [2.45, 2.75) is 18.8 Å². The fourth-order valence-electron chi connectivity index (χ4n) is 4.21. The third-order valence-corrected chi connectivity index (χ3v) is 6.01. The lowest BCUT2D eigenvalue weighted by Crippen LogP contribution is -2.56. The van der Waals surface area contributed by atoms with Crippen LogP contribution in [0, 0.1) is 17.8 Å². The Hall–Kier alpha value is -1.96. The molecule has 6 nitrogen and oxygen atoms in total. The van der Waals surface area contributed by atoms with Gasteiger partial charge in [-0.1, -0.05) is 0 Å². The number of aromatic nitrogens is 1. The van der Waals surface area contributed by atoms with Gasteiger partial charge < -0.3 is 19.3 Å². The average molecular weight is 379 g/mol. The molecule has 0 amide bonds. The summed E-state index contributed by atoms with van der Waals surface area (Å²) < 4.78 is 38.2. The van der Waals surface area contributed by atoms with Crippen molar-refractivity contribution in [2.75, 3.05) is 55.8 Å². The van der Waals surface area contributed by atoms with Crippen molar-refractivity contribution in [2.24, 2.45) is 17.8 Å². The van der Waals surface area contributed by atoms with E-state index in [-0.39, 0.29) is 13.1 Å². The summed E-state index contributed by atoms with van der Waals surface area (Å²) in [6.07, 6.45) is 2.97. The quantitative estimate of drug-likeness (QED) is 0.707. The fourth-order valence-corrected chi connectivity index (χ4v) is 4.21. The third-order valence-electron chi connectivity index (χ3n) is 6.01. The number of ether oxygens (including phenoxy) is 2. The maximum Gasteiger partial charge on any atom is 0.282 e. The smallest absolute Gasteiger partial charge is 0.282 e. The van der Waals surface area contributed by atoms with E-state index in [1.165, 1.54) is 0 Å². The minimum absolute atomic E-state index is 0.297. The normalized spacial score (nSPS) is 28.8. The van der Waals surface area contributed by atoms with Crippen molar-refractivity contribution in [3.05, 3.63) is 11.8 Å². The highest BCUT2D eigenvalue weighted by Gasteiger charge is 2.46. The summed E-state index contributed by atoms with van der Waals surface area (Å²) in [4.78, 5) is 19.9. The van der Waals surface area contributed by atoms with Crippen LogP contribution in [0.4, 0.5) is 20.2 Å². The van der Waals surface area contributed by atoms with Crippen LogP contribution in [0.25, 0.3) is 0 Å². The Kier molecular flexibility index (Phi) is 4.00. The molecule has 1 aromatic rings. The van der Waals surface area contributed by atoms with Gasteiger partial charge in [-0.2, -0.15) is 0 Å². The number of nitrogens with zero attached hydrogens (tertiary/aromatic N) is 3. The van der Waals surface area contributed by atoms with Gasteiger partial charge >= 0.3 is 0 Å². The van der Waals surface area contributed by atoms with Gasteiger partial charge in [0.15, 0.2) is 6.29 Å². The molecule has 4 fully saturated rings. The van der Waals surface area contributed by atoms with Gasteiger partial charge in [0.05, 0.1) is 38.6 Å². The third kappa shape index (κ3) is 3.24. The molecule has 0 bridgehead atoms. The largest absolute Gasteiger partial charge is 0.476 e. The van der Waals surface area contributed by atoms with E-state index in [0.717, 1.165) is 45.4 Å². The molecule has 4 heterocycles. The molecular weight excluding hydrogens is 356 g/mol. The lowest BCUT2D eigenvalue weighted by Gasteiger charge is -2.41. The van der Waals surface area contributed by atoms with Crippen LogP contribution in [0.2, 0.25) is 0 Å². The van der Waals surface area contributed by atoms with Crippen LogP contribution < -0.4 is 14.5 Å². The number of aldehydes is 1. The molecule has 0 unspecified atom stereocenters. The lowest BCUT2D eigenvalue weighted by molar-refractivity contribution is -0.0265. The molecule has 2 atom stereocenters. The second kappa shape index (κ2) is 6.29. The number of carbonyl (C=O) groups is 1. The number of fused-ring (bicyclic) bond motifs is 1. The Morgan fingerprint density at radius 3 is 2.48 bits per heavy atom. The van der Waals surface area contributed by atoms with Crippen molar-refractivity contribution >= 4 is 17.7 Å². The number of carbonyl (C=O) groups excluding carboxylic acids is 1. The van der Waals surface area contributed by atoms with Gasteiger partial charge in [0, 0.05) is 24.9 Å². The minimum Gasteiger partial charge on any atom is -0.476 e. The maximum absolute atomic E-state index is 13.4. The Labute approximate surface area is 156 Å². The fraction of sp³-hybridized carbons (Fsp3) is 0.684. The number of halogens is 2. The molecule has 0 radical (unpaired) electrons. The van der Waals surface area contributed by atoms with Crippen molar-refractivity contribution in [1.29, 1.82) is 0 Å². The molecule has 3 aliphatic heterocycles. The summed E-state index contributed by atoms with van der Waals surface area (Å²) in [5.41, 5.74) is 1.59. The molecule has 8 heteroatoms. The topological polar surface area (TPSA) is 54.9 Å². The van der Waals surface area contributed by atoms with Crippen LogP contribution >= 0.6 is 0 Å². The molecule has 0 aromatic carbocycles. The molecule has 0 spiro atoms. The maximum atomic E-state index is 13.4. The van der Waals surface area contributed by atoms with E-state index in [1.54, 1.807) is 4.90 Å². The van der Waals surface area contributed by atoms with Crippen molar-refractivity contribution in [1.82, 2.24) is 4.98 Å². The van der Waals surface area contributed by atoms with Gasteiger partial charge in [0.2, 0.25) is 5.88 Å². The monoisotopic (exact) mass is 379 g/mol. The number of alkyl halides is 2. The van der Waals surface area contributed by atoms with Crippen LogP contribution in [0.1, 0.15) is 23.3 Å². The van der Waals surface area contributed by atoms with Crippen molar-refractivity contribution < 1.29 is 23.0 Å². The van der Waals surface area contributed by atoms with E-state index in [2.05, 4.69) is 9.88 Å². The van der Waals surface area contributed by atoms with E-state index < -0.39 is 5.92 Å². The highest BCUT2D eigenvalue weighted by molar-refractivity contribution is 5.85. The first-order chi connectivity index (χ1) is 13.0. The number of anilines is 2. The summed E-state index contributed by atoms with van der Waals surface area (Å²) in [5, 5.41) is 0. The summed E-state index contributed by atoms with van der Waals surface area (Å²) >= 11 is 0. The van der Waals surface area contributed by atoms with Crippen molar-refractivity contribution in [3.8, 4) is 5.88 Å². The molecule has 1 saturated carbocycles. The number of hydrogen-bond acceptors (Lipinski definition) is 6. The molecule has 1 aliphatic carbocycles. The Balaban J connectivity index is 1.45. The molecular formula is C19H23F2N3O3. The van der Waals surface area contributed by atoms with Crippen LogP contribution in [-0.2, 0) is 4.74 Å². The van der Waals surface area contributed by atoms with E-state index in [0.29, 0.717) is 47.3 Å². The van der Waals surface area contributed by atoms with Crippen LogP contribution in [0.5, 0.6) is 5.88 Å². The predicted octanol–water partition coefficient (Wildman–Crippen LogP) is 2.22. The second-order valence-corrected chi connectivity index (χ2v) is 8.26. The SMILES string of the molecule is O=Cc1nc(OCC2CC2)c(N2CC(F)(F)C2)cc1N1C[C@H]2COC[C@H]2C1. The number of pyridine rings is 1. The van der Waals surface area contributed by atoms with Crippen LogP contribution in [-0.4, -0.2) is 63.2 Å². The Morgan fingerprint density at radius 2 is 1.89 bits per heavy atom. The van der Waals surface area contributed by atoms with Crippen LogP contribution in [0.3, 0.4) is 0 Å². The molecule has 4 aliphatic rings. The van der Waals surface area contributed by atoms with Gasteiger partial charge in [0.1, 0.15) is 11.4 Å². The zero-order valence-corrected chi connectivity index (χ0v) is 15.1. The first kappa shape index (κ1) is 17.2. The number of rotatable bonds is 6. The standard InChI is InChI=1S/C19H23F2N3O3/c20-19(21)10-24(11-19)17-3-16(23-4-13-8-26-9-14(13)5-23)15(6-25)22-18(17)27-7-12-1-2-12/h3,6,12-14H,1-2,4-5,7-11H2/t13-,14+. The van der Waals surface area contributed by atoms with E-state index in [1.807, 2.05) is 6.07 Å². The summed E-state index contributed by atoms with van der Waals surface area (Å²) in [6, 6.07) is 1.82. The molecule has 27 heavy (non-hydrogen) atoms. The molecule has 3 saturated heterocycles. The van der Waals surface area contributed by atoms with Crippen molar-refractivity contribution in [3.63, 3.8) is 0 Å². The summed E-state index contributed by atoms with van der Waals surface area (Å²) in [5.74, 6) is -0.973. The van der Waals surface area contributed by atoms with Gasteiger partial charge in [-0.05, 0) is 24.8 Å². The zero-order valence-electron chi connectivity index (χ0n) is 15.1. The van der Waals surface area contributed by atoms with E-state index in [9.17, 15) is 13.6 Å². The number of hydrogen-bond donors (Lipinski definition) is 0. The van der Waals surface area contributed by atoms with E-state index in [4.69, 9.17) is 9.47 Å². The zero-order chi connectivity index (χ0) is 18.6. The highest BCUT2D eigenvalue weighted by atomic mass is 19.3. The second-order valence-electron chi connectivity index (χ2n) is 8.26. The van der Waals surface area contributed by atoms with Gasteiger partial charge in [-0.15, -0.1) is 0 Å².